The molecule has 0 atom stereocenters. The third-order valence-corrected chi connectivity index (χ3v) is 3.94. The van der Waals surface area contributed by atoms with Crippen LogP contribution in [-0.2, 0) is 0 Å². The summed E-state index contributed by atoms with van der Waals surface area (Å²) in [4.78, 5) is 16.4. The van der Waals surface area contributed by atoms with Gasteiger partial charge in [-0.1, -0.05) is 6.07 Å². The normalized spacial score (nSPS) is 16.3. The van der Waals surface area contributed by atoms with Gasteiger partial charge in [0.25, 0.3) is 5.91 Å². The summed E-state index contributed by atoms with van der Waals surface area (Å²) in [5.41, 5.74) is 0.492. The number of rotatable bonds is 4. The second kappa shape index (κ2) is 6.64. The van der Waals surface area contributed by atoms with Crippen molar-refractivity contribution in [1.29, 1.82) is 0 Å². The highest BCUT2D eigenvalue weighted by molar-refractivity contribution is 7.99. The third-order valence-electron chi connectivity index (χ3n) is 2.90. The molecule has 1 fully saturated rings. The van der Waals surface area contributed by atoms with Crippen molar-refractivity contribution in [2.75, 3.05) is 23.4 Å². The smallest absolute Gasteiger partial charge is 0.270 e. The number of anilines is 1. The van der Waals surface area contributed by atoms with Crippen LogP contribution < -0.4 is 10.6 Å². The van der Waals surface area contributed by atoms with Crippen molar-refractivity contribution >= 4 is 23.5 Å². The number of amides is 1. The SMILES string of the molecule is CCNc1cccc(C(=O)NC2CCSCC2)n1. The molecule has 0 aliphatic carbocycles. The lowest BCUT2D eigenvalue weighted by Gasteiger charge is -2.22. The molecule has 1 aliphatic heterocycles. The summed E-state index contributed by atoms with van der Waals surface area (Å²) in [5, 5.41) is 6.17. The average molecular weight is 265 g/mol. The quantitative estimate of drug-likeness (QED) is 0.876. The first-order valence-electron chi connectivity index (χ1n) is 6.39. The summed E-state index contributed by atoms with van der Waals surface area (Å²) < 4.78 is 0. The van der Waals surface area contributed by atoms with Crippen LogP contribution in [-0.4, -0.2) is 35.0 Å². The number of hydrogen-bond donors (Lipinski definition) is 2. The predicted molar refractivity (Wildman–Crippen MR) is 76.2 cm³/mol. The predicted octanol–water partition coefficient (Wildman–Crippen LogP) is 2.14. The Kier molecular flexibility index (Phi) is 4.87. The van der Waals surface area contributed by atoms with Crippen LogP contribution in [0.5, 0.6) is 0 Å². The molecule has 1 amide bonds. The molecule has 1 aromatic rings. The molecule has 0 aromatic carbocycles. The molecule has 0 unspecified atom stereocenters. The van der Waals surface area contributed by atoms with Gasteiger partial charge < -0.3 is 10.6 Å². The molecule has 0 bridgehead atoms. The molecule has 1 aliphatic rings. The Labute approximate surface area is 112 Å². The summed E-state index contributed by atoms with van der Waals surface area (Å²) in [6, 6.07) is 5.80. The molecule has 4 nitrogen and oxygen atoms in total. The van der Waals surface area contributed by atoms with E-state index >= 15 is 0 Å². The van der Waals surface area contributed by atoms with E-state index in [0.717, 1.165) is 36.7 Å². The summed E-state index contributed by atoms with van der Waals surface area (Å²) in [6.07, 6.45) is 2.12. The number of pyridine rings is 1. The second-order valence-corrected chi connectivity index (χ2v) is 5.52. The molecule has 98 valence electrons. The standard InChI is InChI=1S/C13H19N3OS/c1-2-14-12-5-3-4-11(16-12)13(17)15-10-6-8-18-9-7-10/h3-5,10H,2,6-9H2,1H3,(H,14,16)(H,15,17). The zero-order chi connectivity index (χ0) is 12.8. The van der Waals surface area contributed by atoms with Crippen LogP contribution in [0.1, 0.15) is 30.3 Å². The highest BCUT2D eigenvalue weighted by Gasteiger charge is 2.17. The van der Waals surface area contributed by atoms with Gasteiger partial charge in [-0.2, -0.15) is 11.8 Å². The van der Waals surface area contributed by atoms with Gasteiger partial charge in [0.2, 0.25) is 0 Å². The number of carbonyl (C=O) groups excluding carboxylic acids is 1. The van der Waals surface area contributed by atoms with Gasteiger partial charge >= 0.3 is 0 Å². The Hall–Kier alpha value is -1.23. The van der Waals surface area contributed by atoms with Gasteiger partial charge in [-0.25, -0.2) is 4.98 Å². The molecule has 2 heterocycles. The van der Waals surface area contributed by atoms with Crippen LogP contribution in [0.2, 0.25) is 0 Å². The van der Waals surface area contributed by atoms with Crippen LogP contribution in [0.25, 0.3) is 0 Å². The lowest BCUT2D eigenvalue weighted by molar-refractivity contribution is 0.0930. The molecule has 0 radical (unpaired) electrons. The first kappa shape index (κ1) is 13.2. The minimum atomic E-state index is -0.0633. The number of aromatic nitrogens is 1. The van der Waals surface area contributed by atoms with Crippen molar-refractivity contribution in [3.05, 3.63) is 23.9 Å². The van der Waals surface area contributed by atoms with E-state index in [1.807, 2.05) is 30.8 Å². The van der Waals surface area contributed by atoms with E-state index in [4.69, 9.17) is 0 Å². The zero-order valence-corrected chi connectivity index (χ0v) is 11.4. The summed E-state index contributed by atoms with van der Waals surface area (Å²) in [5.74, 6) is 2.96. The molecule has 2 rings (SSSR count). The van der Waals surface area contributed by atoms with Crippen molar-refractivity contribution in [2.45, 2.75) is 25.8 Å². The van der Waals surface area contributed by atoms with Crippen LogP contribution in [0.15, 0.2) is 18.2 Å². The fraction of sp³-hybridized carbons (Fsp3) is 0.538. The zero-order valence-electron chi connectivity index (χ0n) is 10.6. The highest BCUT2D eigenvalue weighted by atomic mass is 32.2. The molecule has 0 spiro atoms. The van der Waals surface area contributed by atoms with Gasteiger partial charge in [-0.15, -0.1) is 0 Å². The van der Waals surface area contributed by atoms with E-state index in [-0.39, 0.29) is 5.91 Å². The number of nitrogens with one attached hydrogen (secondary N) is 2. The van der Waals surface area contributed by atoms with Crippen molar-refractivity contribution in [3.63, 3.8) is 0 Å². The fourth-order valence-corrected chi connectivity index (χ4v) is 3.05. The number of thioether (sulfide) groups is 1. The minimum absolute atomic E-state index is 0.0633. The average Bonchev–Trinajstić information content (AvgIpc) is 2.40. The number of carbonyl (C=O) groups is 1. The van der Waals surface area contributed by atoms with E-state index < -0.39 is 0 Å². The molecule has 1 aromatic heterocycles. The lowest BCUT2D eigenvalue weighted by Crippen LogP contribution is -2.37. The number of nitrogens with zero attached hydrogens (tertiary/aromatic N) is 1. The van der Waals surface area contributed by atoms with Crippen LogP contribution in [0.4, 0.5) is 5.82 Å². The van der Waals surface area contributed by atoms with Gasteiger partial charge in [0, 0.05) is 12.6 Å². The maximum absolute atomic E-state index is 12.1. The van der Waals surface area contributed by atoms with E-state index in [9.17, 15) is 4.79 Å². The molecular formula is C13H19N3OS. The van der Waals surface area contributed by atoms with Crippen LogP contribution in [0.3, 0.4) is 0 Å². The maximum atomic E-state index is 12.1. The lowest BCUT2D eigenvalue weighted by atomic mass is 10.1. The summed E-state index contributed by atoms with van der Waals surface area (Å²) in [7, 11) is 0. The number of hydrogen-bond acceptors (Lipinski definition) is 4. The van der Waals surface area contributed by atoms with E-state index in [2.05, 4.69) is 15.6 Å². The van der Waals surface area contributed by atoms with Gasteiger partial charge in [-0.05, 0) is 43.4 Å². The molecule has 2 N–H and O–H groups in total. The Balaban J connectivity index is 1.96. The van der Waals surface area contributed by atoms with E-state index in [1.54, 1.807) is 6.07 Å². The Morgan fingerprint density at radius 2 is 2.22 bits per heavy atom. The topological polar surface area (TPSA) is 54.0 Å². The van der Waals surface area contributed by atoms with Gasteiger partial charge in [0.15, 0.2) is 0 Å². The Morgan fingerprint density at radius 1 is 1.44 bits per heavy atom. The maximum Gasteiger partial charge on any atom is 0.270 e. The Bertz CT molecular complexity index is 405. The van der Waals surface area contributed by atoms with Crippen LogP contribution >= 0.6 is 11.8 Å². The van der Waals surface area contributed by atoms with Crippen molar-refractivity contribution < 1.29 is 4.79 Å². The van der Waals surface area contributed by atoms with E-state index in [1.165, 1.54) is 0 Å². The highest BCUT2D eigenvalue weighted by Crippen LogP contribution is 2.17. The summed E-state index contributed by atoms with van der Waals surface area (Å²) >= 11 is 1.95. The van der Waals surface area contributed by atoms with Crippen molar-refractivity contribution in [1.82, 2.24) is 10.3 Å². The van der Waals surface area contributed by atoms with Gasteiger partial charge in [-0.3, -0.25) is 4.79 Å². The third kappa shape index (κ3) is 3.63. The van der Waals surface area contributed by atoms with E-state index in [0.29, 0.717) is 11.7 Å². The second-order valence-electron chi connectivity index (χ2n) is 4.30. The van der Waals surface area contributed by atoms with Crippen molar-refractivity contribution in [2.24, 2.45) is 0 Å². The monoisotopic (exact) mass is 265 g/mol. The van der Waals surface area contributed by atoms with Crippen LogP contribution in [0, 0.1) is 0 Å². The van der Waals surface area contributed by atoms with Gasteiger partial charge in [0.1, 0.15) is 11.5 Å². The largest absolute Gasteiger partial charge is 0.370 e. The molecule has 18 heavy (non-hydrogen) atoms. The minimum Gasteiger partial charge on any atom is -0.370 e. The molecule has 5 heteroatoms. The Morgan fingerprint density at radius 3 is 2.94 bits per heavy atom. The molecule has 0 saturated carbocycles. The molecule has 1 saturated heterocycles. The van der Waals surface area contributed by atoms with Crippen molar-refractivity contribution in [3.8, 4) is 0 Å². The van der Waals surface area contributed by atoms with Gasteiger partial charge in [0.05, 0.1) is 0 Å². The first-order valence-corrected chi connectivity index (χ1v) is 7.54. The fourth-order valence-electron chi connectivity index (χ4n) is 1.94. The summed E-state index contributed by atoms with van der Waals surface area (Å²) in [6.45, 7) is 2.81. The first-order chi connectivity index (χ1) is 8.79. The molecular weight excluding hydrogens is 246 g/mol.